The minimum absolute atomic E-state index is 0.0146. The van der Waals surface area contributed by atoms with Crippen LogP contribution in [0.25, 0.3) is 5.57 Å². The fraction of sp³-hybridized carbons (Fsp3) is 0.154. The molecule has 1 aliphatic heterocycles. The van der Waals surface area contributed by atoms with E-state index in [2.05, 4.69) is 5.32 Å². The van der Waals surface area contributed by atoms with Crippen molar-refractivity contribution in [1.29, 1.82) is 0 Å². The Labute approximate surface area is 197 Å². The standard InChI is InChI=1S/C26H23ClN2O4/c1-16(2)33-20-12-10-19(11-13-20)29-25(30)23(17-7-5-4-6-8-17)24(26(29)31)28-21-15-18(27)9-14-22(21)32-3/h4-16,28H,1-3H3. The molecule has 1 aliphatic rings. The van der Waals surface area contributed by atoms with Crippen LogP contribution in [0.5, 0.6) is 11.5 Å². The lowest BCUT2D eigenvalue weighted by Gasteiger charge is -2.17. The topological polar surface area (TPSA) is 67.9 Å². The number of methoxy groups -OCH3 is 1. The fourth-order valence-electron chi connectivity index (χ4n) is 3.61. The van der Waals surface area contributed by atoms with Crippen molar-refractivity contribution in [3.8, 4) is 11.5 Å². The van der Waals surface area contributed by atoms with E-state index in [1.807, 2.05) is 32.0 Å². The molecule has 6 nitrogen and oxygen atoms in total. The van der Waals surface area contributed by atoms with E-state index >= 15 is 0 Å². The van der Waals surface area contributed by atoms with E-state index in [1.165, 1.54) is 7.11 Å². The van der Waals surface area contributed by atoms with Crippen molar-refractivity contribution in [2.24, 2.45) is 0 Å². The van der Waals surface area contributed by atoms with Crippen molar-refractivity contribution in [3.63, 3.8) is 0 Å². The third-order valence-corrected chi connectivity index (χ3v) is 5.27. The number of carbonyl (C=O) groups excluding carboxylic acids is 2. The van der Waals surface area contributed by atoms with E-state index in [0.29, 0.717) is 33.5 Å². The lowest BCUT2D eigenvalue weighted by Crippen LogP contribution is -2.32. The summed E-state index contributed by atoms with van der Waals surface area (Å²) in [5.41, 5.74) is 1.97. The van der Waals surface area contributed by atoms with Gasteiger partial charge in [0, 0.05) is 5.02 Å². The largest absolute Gasteiger partial charge is 0.495 e. The maximum atomic E-state index is 13.5. The number of imide groups is 1. The quantitative estimate of drug-likeness (QED) is 0.467. The van der Waals surface area contributed by atoms with Gasteiger partial charge in [-0.3, -0.25) is 9.59 Å². The Morgan fingerprint density at radius 1 is 0.909 bits per heavy atom. The van der Waals surface area contributed by atoms with Gasteiger partial charge in [-0.25, -0.2) is 4.90 Å². The molecule has 168 valence electrons. The number of carbonyl (C=O) groups is 2. The van der Waals surface area contributed by atoms with Gasteiger partial charge in [0.2, 0.25) is 0 Å². The second-order valence-corrected chi connectivity index (χ2v) is 8.13. The Morgan fingerprint density at radius 3 is 2.24 bits per heavy atom. The SMILES string of the molecule is COc1ccc(Cl)cc1NC1=C(c2ccccc2)C(=O)N(c2ccc(OC(C)C)cc2)C1=O. The van der Waals surface area contributed by atoms with E-state index in [-0.39, 0.29) is 17.4 Å². The summed E-state index contributed by atoms with van der Waals surface area (Å²) >= 11 is 6.17. The van der Waals surface area contributed by atoms with E-state index in [1.54, 1.807) is 54.6 Å². The molecule has 7 heteroatoms. The maximum absolute atomic E-state index is 13.5. The molecule has 33 heavy (non-hydrogen) atoms. The first kappa shape index (κ1) is 22.4. The van der Waals surface area contributed by atoms with Crippen LogP contribution >= 0.6 is 11.6 Å². The molecule has 0 bridgehead atoms. The van der Waals surface area contributed by atoms with Gasteiger partial charge in [-0.2, -0.15) is 0 Å². The number of halogens is 1. The van der Waals surface area contributed by atoms with Crippen LogP contribution in [0.3, 0.4) is 0 Å². The number of nitrogens with one attached hydrogen (secondary N) is 1. The first-order chi connectivity index (χ1) is 15.9. The Kier molecular flexibility index (Phi) is 6.38. The molecule has 3 aromatic carbocycles. The highest BCUT2D eigenvalue weighted by Crippen LogP contribution is 2.36. The molecule has 0 unspecified atom stereocenters. The molecule has 3 aromatic rings. The average molecular weight is 463 g/mol. The highest BCUT2D eigenvalue weighted by molar-refractivity contribution is 6.46. The minimum Gasteiger partial charge on any atom is -0.495 e. The summed E-state index contributed by atoms with van der Waals surface area (Å²) in [5.74, 6) is 0.255. The number of benzene rings is 3. The van der Waals surface area contributed by atoms with Gasteiger partial charge in [0.15, 0.2) is 0 Å². The van der Waals surface area contributed by atoms with Gasteiger partial charge >= 0.3 is 0 Å². The number of hydrogen-bond donors (Lipinski definition) is 1. The zero-order valence-corrected chi connectivity index (χ0v) is 19.2. The summed E-state index contributed by atoms with van der Waals surface area (Å²) in [5, 5.41) is 3.57. The third-order valence-electron chi connectivity index (χ3n) is 5.03. The Morgan fingerprint density at radius 2 is 1.61 bits per heavy atom. The monoisotopic (exact) mass is 462 g/mol. The van der Waals surface area contributed by atoms with E-state index in [4.69, 9.17) is 21.1 Å². The predicted molar refractivity (Wildman–Crippen MR) is 130 cm³/mol. The van der Waals surface area contributed by atoms with Crippen LogP contribution in [-0.4, -0.2) is 25.0 Å². The van der Waals surface area contributed by atoms with Crippen molar-refractivity contribution in [1.82, 2.24) is 0 Å². The van der Waals surface area contributed by atoms with Gasteiger partial charge in [-0.1, -0.05) is 41.9 Å². The smallest absolute Gasteiger partial charge is 0.282 e. The highest BCUT2D eigenvalue weighted by atomic mass is 35.5. The van der Waals surface area contributed by atoms with Crippen LogP contribution in [0.1, 0.15) is 19.4 Å². The summed E-state index contributed by atoms with van der Waals surface area (Å²) in [7, 11) is 1.52. The molecule has 0 spiro atoms. The van der Waals surface area contributed by atoms with Crippen LogP contribution in [0, 0.1) is 0 Å². The normalized spacial score (nSPS) is 13.7. The van der Waals surface area contributed by atoms with Crippen LogP contribution in [-0.2, 0) is 9.59 Å². The number of ether oxygens (including phenoxy) is 2. The fourth-order valence-corrected chi connectivity index (χ4v) is 3.78. The van der Waals surface area contributed by atoms with Crippen molar-refractivity contribution in [2.45, 2.75) is 20.0 Å². The molecular weight excluding hydrogens is 440 g/mol. The molecule has 1 N–H and O–H groups in total. The van der Waals surface area contributed by atoms with Crippen molar-refractivity contribution in [3.05, 3.63) is 89.1 Å². The van der Waals surface area contributed by atoms with Gasteiger partial charge in [-0.05, 0) is 61.9 Å². The van der Waals surface area contributed by atoms with E-state index in [0.717, 1.165) is 4.90 Å². The van der Waals surface area contributed by atoms with E-state index < -0.39 is 11.8 Å². The first-order valence-corrected chi connectivity index (χ1v) is 10.8. The molecule has 0 fully saturated rings. The van der Waals surface area contributed by atoms with Gasteiger partial charge in [0.05, 0.1) is 30.2 Å². The Hall–Kier alpha value is -3.77. The number of nitrogens with zero attached hydrogens (tertiary/aromatic N) is 1. The molecule has 1 heterocycles. The van der Waals surface area contributed by atoms with Gasteiger partial charge in [-0.15, -0.1) is 0 Å². The summed E-state index contributed by atoms with van der Waals surface area (Å²) in [6.07, 6.45) is 0.0146. The van der Waals surface area contributed by atoms with Crippen LogP contribution < -0.4 is 19.7 Å². The molecule has 0 atom stereocenters. The molecular formula is C26H23ClN2O4. The number of anilines is 2. The molecule has 4 rings (SSSR count). The highest BCUT2D eigenvalue weighted by Gasteiger charge is 2.40. The van der Waals surface area contributed by atoms with Crippen LogP contribution in [0.15, 0.2) is 78.5 Å². The summed E-state index contributed by atoms with van der Waals surface area (Å²) in [4.78, 5) is 28.2. The first-order valence-electron chi connectivity index (χ1n) is 10.4. The van der Waals surface area contributed by atoms with Crippen molar-refractivity contribution in [2.75, 3.05) is 17.3 Å². The second kappa shape index (κ2) is 9.38. The third kappa shape index (κ3) is 4.56. The predicted octanol–water partition coefficient (Wildman–Crippen LogP) is 5.53. The molecule has 0 saturated carbocycles. The molecule has 0 saturated heterocycles. The molecule has 0 aliphatic carbocycles. The Bertz CT molecular complexity index is 1220. The number of amides is 2. The summed E-state index contributed by atoms with van der Waals surface area (Å²) in [6.45, 7) is 3.86. The van der Waals surface area contributed by atoms with Gasteiger partial charge in [0.25, 0.3) is 11.8 Å². The van der Waals surface area contributed by atoms with Crippen molar-refractivity contribution >= 4 is 40.4 Å². The van der Waals surface area contributed by atoms with E-state index in [9.17, 15) is 9.59 Å². The van der Waals surface area contributed by atoms with Crippen LogP contribution in [0.2, 0.25) is 5.02 Å². The molecule has 0 radical (unpaired) electrons. The van der Waals surface area contributed by atoms with Gasteiger partial charge in [0.1, 0.15) is 17.2 Å². The maximum Gasteiger partial charge on any atom is 0.282 e. The number of hydrogen-bond acceptors (Lipinski definition) is 5. The lowest BCUT2D eigenvalue weighted by molar-refractivity contribution is -0.120. The Balaban J connectivity index is 1.77. The molecule has 2 amide bonds. The second-order valence-electron chi connectivity index (χ2n) is 7.69. The minimum atomic E-state index is -0.474. The summed E-state index contributed by atoms with van der Waals surface area (Å²) < 4.78 is 11.1. The number of rotatable bonds is 7. The summed E-state index contributed by atoms with van der Waals surface area (Å²) in [6, 6.07) is 21.0. The average Bonchev–Trinajstić information content (AvgIpc) is 3.04. The van der Waals surface area contributed by atoms with Gasteiger partial charge < -0.3 is 14.8 Å². The zero-order chi connectivity index (χ0) is 23.5. The lowest BCUT2D eigenvalue weighted by atomic mass is 10.0. The van der Waals surface area contributed by atoms with Crippen LogP contribution in [0.4, 0.5) is 11.4 Å². The zero-order valence-electron chi connectivity index (χ0n) is 18.5. The van der Waals surface area contributed by atoms with Crippen molar-refractivity contribution < 1.29 is 19.1 Å². The molecule has 0 aromatic heterocycles.